The highest BCUT2D eigenvalue weighted by Crippen LogP contribution is 2.50. The van der Waals surface area contributed by atoms with Gasteiger partial charge in [-0.2, -0.15) is 0 Å². The van der Waals surface area contributed by atoms with Gasteiger partial charge in [-0.3, -0.25) is 0 Å². The highest BCUT2D eigenvalue weighted by atomic mass is 15.1. The van der Waals surface area contributed by atoms with Crippen molar-refractivity contribution >= 4 is 38.9 Å². The molecule has 8 rings (SSSR count). The van der Waals surface area contributed by atoms with Crippen molar-refractivity contribution in [1.29, 1.82) is 0 Å². The number of anilines is 3. The van der Waals surface area contributed by atoms with Gasteiger partial charge in [-0.1, -0.05) is 104 Å². The van der Waals surface area contributed by atoms with Crippen LogP contribution in [-0.4, -0.2) is 4.57 Å². The number of benzene rings is 6. The van der Waals surface area contributed by atoms with Crippen molar-refractivity contribution in [3.63, 3.8) is 0 Å². The lowest BCUT2D eigenvalue weighted by Crippen LogP contribution is -2.15. The van der Waals surface area contributed by atoms with Crippen LogP contribution in [0.1, 0.15) is 36.1 Å². The summed E-state index contributed by atoms with van der Waals surface area (Å²) >= 11 is 0. The molecule has 1 aliphatic carbocycles. The molecule has 0 fully saturated rings. The van der Waals surface area contributed by atoms with Crippen LogP contribution in [0.4, 0.5) is 17.1 Å². The molecule has 1 aliphatic rings. The highest BCUT2D eigenvalue weighted by Gasteiger charge is 2.35. The Bertz CT molecular complexity index is 2120. The van der Waals surface area contributed by atoms with E-state index in [0.717, 1.165) is 11.4 Å². The Morgan fingerprint density at radius 2 is 1.14 bits per heavy atom. The normalized spacial score (nSPS) is 13.3. The van der Waals surface area contributed by atoms with E-state index in [2.05, 4.69) is 171 Å². The molecular weight excluding hydrogens is 520 g/mol. The second kappa shape index (κ2) is 9.47. The van der Waals surface area contributed by atoms with E-state index in [9.17, 15) is 0 Å². The molecule has 0 radical (unpaired) electrons. The monoisotopic (exact) mass is 554 g/mol. The van der Waals surface area contributed by atoms with Crippen LogP contribution >= 0.6 is 0 Å². The zero-order valence-corrected chi connectivity index (χ0v) is 25.1. The number of nitrogens with zero attached hydrogens (tertiary/aromatic N) is 2. The maximum absolute atomic E-state index is 2.45. The smallest absolute Gasteiger partial charge is 0.0562 e. The Hall–Kier alpha value is -5.08. The van der Waals surface area contributed by atoms with Gasteiger partial charge in [0.1, 0.15) is 0 Å². The molecule has 7 aromatic rings. The molecule has 208 valence electrons. The quantitative estimate of drug-likeness (QED) is 0.210. The predicted molar refractivity (Wildman–Crippen MR) is 183 cm³/mol. The summed E-state index contributed by atoms with van der Waals surface area (Å²) in [5.41, 5.74) is 15.0. The first-order valence-electron chi connectivity index (χ1n) is 15.1. The Kier molecular flexibility index (Phi) is 5.64. The molecule has 0 bridgehead atoms. The van der Waals surface area contributed by atoms with Crippen LogP contribution in [0.2, 0.25) is 0 Å². The van der Waals surface area contributed by atoms with E-state index < -0.39 is 0 Å². The molecule has 0 unspecified atom stereocenters. The first-order chi connectivity index (χ1) is 20.9. The molecule has 0 amide bonds. The van der Waals surface area contributed by atoms with Gasteiger partial charge in [0.15, 0.2) is 0 Å². The van der Waals surface area contributed by atoms with Crippen LogP contribution in [0.5, 0.6) is 0 Å². The second-order valence-corrected chi connectivity index (χ2v) is 12.4. The molecule has 2 heteroatoms. The lowest BCUT2D eigenvalue weighted by atomic mass is 9.82. The van der Waals surface area contributed by atoms with Crippen molar-refractivity contribution in [2.45, 2.75) is 33.1 Å². The van der Waals surface area contributed by atoms with E-state index in [4.69, 9.17) is 0 Å². The van der Waals surface area contributed by atoms with Crippen molar-refractivity contribution in [3.8, 4) is 16.8 Å². The van der Waals surface area contributed by atoms with E-state index in [0.29, 0.717) is 0 Å². The summed E-state index contributed by atoms with van der Waals surface area (Å²) in [7, 11) is 0. The SMILES string of the molecule is Cc1ccc(N(c2ccc(C)cc2)c2cccc3c2c2ccccc2n3-c2ccc3c(c2)C(C)(C)c2ccccc2-3)cc1. The summed E-state index contributed by atoms with van der Waals surface area (Å²) < 4.78 is 2.45. The minimum absolute atomic E-state index is 0.0560. The lowest BCUT2D eigenvalue weighted by Gasteiger charge is -2.27. The van der Waals surface area contributed by atoms with Gasteiger partial charge < -0.3 is 9.47 Å². The predicted octanol–water partition coefficient (Wildman–Crippen LogP) is 11.2. The van der Waals surface area contributed by atoms with Crippen molar-refractivity contribution in [1.82, 2.24) is 4.57 Å². The van der Waals surface area contributed by atoms with Crippen LogP contribution in [0, 0.1) is 13.8 Å². The standard InChI is InChI=1S/C41H34N2/c1-27-16-20-29(21-17-27)42(30-22-18-28(2)19-23-30)38-14-9-15-39-40(38)34-11-6-8-13-37(34)43(39)31-24-25-33-32-10-5-7-12-35(32)41(3,4)36(33)26-31/h5-26H,1-4H3. The van der Waals surface area contributed by atoms with Gasteiger partial charge in [0.05, 0.1) is 16.7 Å². The average Bonchev–Trinajstić information content (AvgIpc) is 3.48. The zero-order valence-electron chi connectivity index (χ0n) is 25.1. The molecule has 2 nitrogen and oxygen atoms in total. The fourth-order valence-corrected chi connectivity index (χ4v) is 7.11. The molecule has 6 aromatic carbocycles. The topological polar surface area (TPSA) is 8.17 Å². The third-order valence-corrected chi connectivity index (χ3v) is 9.33. The molecule has 0 spiro atoms. The fourth-order valence-electron chi connectivity index (χ4n) is 7.11. The second-order valence-electron chi connectivity index (χ2n) is 12.4. The third kappa shape index (κ3) is 3.87. The number of hydrogen-bond acceptors (Lipinski definition) is 1. The van der Waals surface area contributed by atoms with Gasteiger partial charge in [-0.15, -0.1) is 0 Å². The van der Waals surface area contributed by atoms with E-state index in [1.165, 1.54) is 66.6 Å². The summed E-state index contributed by atoms with van der Waals surface area (Å²) in [6.45, 7) is 8.99. The molecule has 0 atom stereocenters. The van der Waals surface area contributed by atoms with Gasteiger partial charge in [0.25, 0.3) is 0 Å². The fraction of sp³-hybridized carbons (Fsp3) is 0.122. The number of hydrogen-bond donors (Lipinski definition) is 0. The summed E-state index contributed by atoms with van der Waals surface area (Å²) in [5.74, 6) is 0. The Morgan fingerprint density at radius 3 is 1.86 bits per heavy atom. The summed E-state index contributed by atoms with van der Waals surface area (Å²) in [6.07, 6.45) is 0. The summed E-state index contributed by atoms with van der Waals surface area (Å²) in [4.78, 5) is 2.40. The van der Waals surface area contributed by atoms with Crippen LogP contribution in [0.3, 0.4) is 0 Å². The van der Waals surface area contributed by atoms with E-state index >= 15 is 0 Å². The van der Waals surface area contributed by atoms with E-state index in [1.54, 1.807) is 0 Å². The van der Waals surface area contributed by atoms with Gasteiger partial charge >= 0.3 is 0 Å². The number of para-hydroxylation sites is 1. The number of aryl methyl sites for hydroxylation is 2. The van der Waals surface area contributed by atoms with Crippen LogP contribution in [0.15, 0.2) is 133 Å². The average molecular weight is 555 g/mol. The van der Waals surface area contributed by atoms with E-state index in [-0.39, 0.29) is 5.41 Å². The van der Waals surface area contributed by atoms with Gasteiger partial charge in [-0.05, 0) is 90.7 Å². The number of rotatable bonds is 4. The molecule has 43 heavy (non-hydrogen) atoms. The number of fused-ring (bicyclic) bond motifs is 6. The molecular formula is C41H34N2. The van der Waals surface area contributed by atoms with Crippen molar-refractivity contribution in [3.05, 3.63) is 156 Å². The molecule has 0 saturated heterocycles. The minimum atomic E-state index is -0.0560. The molecule has 0 saturated carbocycles. The summed E-state index contributed by atoms with van der Waals surface area (Å²) in [6, 6.07) is 49.2. The Balaban J connectivity index is 1.40. The maximum atomic E-state index is 2.45. The van der Waals surface area contributed by atoms with Crippen LogP contribution in [-0.2, 0) is 5.41 Å². The Labute approximate surface area is 253 Å². The largest absolute Gasteiger partial charge is 0.310 e. The first kappa shape index (κ1) is 25.6. The summed E-state index contributed by atoms with van der Waals surface area (Å²) in [5, 5.41) is 2.50. The number of aromatic nitrogens is 1. The minimum Gasteiger partial charge on any atom is -0.310 e. The van der Waals surface area contributed by atoms with Gasteiger partial charge in [0, 0.05) is 33.2 Å². The van der Waals surface area contributed by atoms with Crippen molar-refractivity contribution < 1.29 is 0 Å². The maximum Gasteiger partial charge on any atom is 0.0562 e. The van der Waals surface area contributed by atoms with Crippen molar-refractivity contribution in [2.24, 2.45) is 0 Å². The molecule has 1 aromatic heterocycles. The van der Waals surface area contributed by atoms with Crippen LogP contribution < -0.4 is 4.90 Å². The third-order valence-electron chi connectivity index (χ3n) is 9.33. The molecule has 0 N–H and O–H groups in total. The Morgan fingerprint density at radius 1 is 0.535 bits per heavy atom. The molecule has 1 heterocycles. The highest BCUT2D eigenvalue weighted by molar-refractivity contribution is 6.16. The van der Waals surface area contributed by atoms with Crippen molar-refractivity contribution in [2.75, 3.05) is 4.90 Å². The van der Waals surface area contributed by atoms with Gasteiger partial charge in [-0.25, -0.2) is 0 Å². The van der Waals surface area contributed by atoms with E-state index in [1.807, 2.05) is 0 Å². The van der Waals surface area contributed by atoms with Gasteiger partial charge in [0.2, 0.25) is 0 Å². The zero-order chi connectivity index (χ0) is 29.3. The lowest BCUT2D eigenvalue weighted by molar-refractivity contribution is 0.660. The first-order valence-corrected chi connectivity index (χ1v) is 15.1. The molecule has 0 aliphatic heterocycles. The van der Waals surface area contributed by atoms with Crippen LogP contribution in [0.25, 0.3) is 38.6 Å².